The van der Waals surface area contributed by atoms with Crippen LogP contribution in [0, 0.1) is 16.7 Å². The Labute approximate surface area is 168 Å². The van der Waals surface area contributed by atoms with Gasteiger partial charge >= 0.3 is 0 Å². The zero-order valence-corrected chi connectivity index (χ0v) is 19.1. The molecule has 1 aliphatic rings. The van der Waals surface area contributed by atoms with Gasteiger partial charge in [0, 0.05) is 22.4 Å². The van der Waals surface area contributed by atoms with E-state index in [0.717, 1.165) is 15.6 Å². The lowest BCUT2D eigenvalue weighted by Crippen LogP contribution is -2.63. The number of nitrogens with zero attached hydrogens (tertiary/aromatic N) is 2. The molecule has 1 heterocycles. The van der Waals surface area contributed by atoms with Crippen molar-refractivity contribution in [1.82, 2.24) is 10.2 Å². The Hall–Kier alpha value is -1.13. The average molecular weight is 410 g/mol. The van der Waals surface area contributed by atoms with Gasteiger partial charge in [-0.3, -0.25) is 0 Å². The highest BCUT2D eigenvalue weighted by Gasteiger charge is 2.51. The molecular weight excluding hydrogens is 382 g/mol. The number of hydrogen-bond donors (Lipinski definition) is 1. The van der Waals surface area contributed by atoms with Crippen molar-refractivity contribution in [3.05, 3.63) is 40.0 Å². The molecule has 1 unspecified atom stereocenters. The molecule has 0 amide bonds. The summed E-state index contributed by atoms with van der Waals surface area (Å²) in [6.07, 6.45) is 0.337. The van der Waals surface area contributed by atoms with Crippen molar-refractivity contribution in [2.75, 3.05) is 13.7 Å². The molecule has 0 saturated carbocycles. The molecule has 142 valence electrons. The van der Waals surface area contributed by atoms with E-state index in [1.807, 2.05) is 24.3 Å². The molecule has 0 aliphatic carbocycles. The summed E-state index contributed by atoms with van der Waals surface area (Å²) in [6, 6.07) is 10.1. The van der Waals surface area contributed by atoms with E-state index in [0.29, 0.717) is 18.1 Å². The van der Waals surface area contributed by atoms with Crippen molar-refractivity contribution in [2.45, 2.75) is 50.8 Å². The van der Waals surface area contributed by atoms with Gasteiger partial charge in [-0.2, -0.15) is 5.26 Å². The zero-order valence-electron chi connectivity index (χ0n) is 16.4. The minimum absolute atomic E-state index is 0.0949. The predicted octanol–water partition coefficient (Wildman–Crippen LogP) is 4.79. The van der Waals surface area contributed by atoms with Gasteiger partial charge in [-0.25, -0.2) is 0 Å². The molecule has 1 aliphatic heterocycles. The van der Waals surface area contributed by atoms with Gasteiger partial charge in [0.25, 0.3) is 0 Å². The molecule has 0 fully saturated rings. The summed E-state index contributed by atoms with van der Waals surface area (Å²) < 4.78 is 6.16. The maximum Gasteiger partial charge on any atom is 0.171 e. The number of rotatable bonds is 6. The van der Waals surface area contributed by atoms with E-state index in [1.165, 1.54) is 0 Å². The minimum Gasteiger partial charge on any atom is -0.416 e. The summed E-state index contributed by atoms with van der Waals surface area (Å²) in [5.74, 6) is 0. The third-order valence-electron chi connectivity index (χ3n) is 4.63. The van der Waals surface area contributed by atoms with E-state index in [4.69, 9.17) is 16.0 Å². The zero-order chi connectivity index (χ0) is 19.5. The van der Waals surface area contributed by atoms with Crippen molar-refractivity contribution in [3.8, 4) is 6.07 Å². The van der Waals surface area contributed by atoms with Crippen LogP contribution in [0.25, 0.3) is 0 Å². The van der Waals surface area contributed by atoms with Crippen molar-refractivity contribution in [1.29, 1.82) is 5.26 Å². The van der Waals surface area contributed by atoms with Crippen LogP contribution in [0.2, 0.25) is 18.1 Å². The first-order valence-corrected chi connectivity index (χ1v) is 12.8. The van der Waals surface area contributed by atoms with E-state index >= 15 is 0 Å². The van der Waals surface area contributed by atoms with E-state index in [1.54, 1.807) is 11.8 Å². The summed E-state index contributed by atoms with van der Waals surface area (Å²) in [5, 5.41) is 14.8. The van der Waals surface area contributed by atoms with Gasteiger partial charge in [-0.1, -0.05) is 50.2 Å². The van der Waals surface area contributed by atoms with E-state index < -0.39 is 14.7 Å². The number of benzene rings is 1. The number of nitriles is 1. The average Bonchev–Trinajstić information content (AvgIpc) is 2.79. The molecular formula is C19H28ClN3OSSi. The standard InChI is InChI=1S/C19H28ClN3OSSi/c1-18(2,3)19(13-24-26(5)6)22-16(10-11-21)17(23(19)4)25-15-9-7-8-14(20)12-15/h7-9,12,22,26H,10,13H2,1-6H3. The largest absolute Gasteiger partial charge is 0.416 e. The summed E-state index contributed by atoms with van der Waals surface area (Å²) >= 11 is 7.79. The third kappa shape index (κ3) is 4.40. The Bertz CT molecular complexity index is 726. The van der Waals surface area contributed by atoms with Gasteiger partial charge in [0.05, 0.1) is 29.8 Å². The number of allylic oxidation sites excluding steroid dienone is 1. The fourth-order valence-electron chi connectivity index (χ4n) is 3.06. The summed E-state index contributed by atoms with van der Waals surface area (Å²) in [6.45, 7) is 11.6. The van der Waals surface area contributed by atoms with Crippen LogP contribution in [-0.2, 0) is 4.43 Å². The van der Waals surface area contributed by atoms with Gasteiger partial charge in [0.1, 0.15) is 5.66 Å². The molecule has 0 radical (unpaired) electrons. The normalized spacial score (nSPS) is 20.5. The second-order valence-electron chi connectivity index (χ2n) is 7.83. The summed E-state index contributed by atoms with van der Waals surface area (Å²) in [7, 11) is 0.908. The third-order valence-corrected chi connectivity index (χ3v) is 6.90. The quantitative estimate of drug-likeness (QED) is 0.684. The lowest BCUT2D eigenvalue weighted by molar-refractivity contribution is -0.00784. The van der Waals surface area contributed by atoms with Crippen LogP contribution in [0.3, 0.4) is 0 Å². The Morgan fingerprint density at radius 3 is 2.62 bits per heavy atom. The molecule has 0 aromatic heterocycles. The second-order valence-corrected chi connectivity index (χ2v) is 11.8. The van der Waals surface area contributed by atoms with E-state index in [-0.39, 0.29) is 5.41 Å². The molecule has 7 heteroatoms. The Kier molecular flexibility index (Phi) is 6.73. The highest BCUT2D eigenvalue weighted by Crippen LogP contribution is 2.46. The molecule has 1 atom stereocenters. The van der Waals surface area contributed by atoms with Gasteiger partial charge in [0.15, 0.2) is 9.04 Å². The van der Waals surface area contributed by atoms with Crippen LogP contribution in [0.5, 0.6) is 0 Å². The maximum atomic E-state index is 9.33. The lowest BCUT2D eigenvalue weighted by atomic mass is 9.80. The van der Waals surface area contributed by atoms with Crippen molar-refractivity contribution < 1.29 is 4.43 Å². The van der Waals surface area contributed by atoms with Crippen molar-refractivity contribution in [2.24, 2.45) is 5.41 Å². The first kappa shape index (κ1) is 21.2. The van der Waals surface area contributed by atoms with Crippen LogP contribution >= 0.6 is 23.4 Å². The number of likely N-dealkylation sites (N-methyl/N-ethyl adjacent to an activating group) is 1. The molecule has 0 spiro atoms. The second kappa shape index (κ2) is 8.26. The van der Waals surface area contributed by atoms with Gasteiger partial charge in [-0.05, 0) is 31.3 Å². The van der Waals surface area contributed by atoms with Gasteiger partial charge in [-0.15, -0.1) is 0 Å². The SMILES string of the molecule is CN1C(Sc2cccc(Cl)c2)=C(CC#N)NC1(CO[SiH](C)C)C(C)(C)C. The Morgan fingerprint density at radius 1 is 1.38 bits per heavy atom. The molecule has 1 N–H and O–H groups in total. The predicted molar refractivity (Wildman–Crippen MR) is 112 cm³/mol. The molecule has 26 heavy (non-hydrogen) atoms. The van der Waals surface area contributed by atoms with Crippen LogP contribution in [0.4, 0.5) is 0 Å². The van der Waals surface area contributed by atoms with Crippen molar-refractivity contribution in [3.63, 3.8) is 0 Å². The lowest BCUT2D eigenvalue weighted by Gasteiger charge is -2.48. The number of thioether (sulfide) groups is 1. The topological polar surface area (TPSA) is 48.3 Å². The van der Waals surface area contributed by atoms with Crippen LogP contribution in [0.15, 0.2) is 39.9 Å². The molecule has 1 aromatic rings. The van der Waals surface area contributed by atoms with E-state index in [9.17, 15) is 5.26 Å². The summed E-state index contributed by atoms with van der Waals surface area (Å²) in [4.78, 5) is 3.31. The highest BCUT2D eigenvalue weighted by molar-refractivity contribution is 8.03. The fraction of sp³-hybridized carbons (Fsp3) is 0.526. The first-order valence-electron chi connectivity index (χ1n) is 8.78. The highest BCUT2D eigenvalue weighted by atomic mass is 35.5. The van der Waals surface area contributed by atoms with Gasteiger partial charge < -0.3 is 14.6 Å². The number of halogens is 1. The Balaban J connectivity index is 2.41. The first-order chi connectivity index (χ1) is 12.1. The molecule has 1 aromatic carbocycles. The van der Waals surface area contributed by atoms with E-state index in [2.05, 4.69) is 57.2 Å². The van der Waals surface area contributed by atoms with Crippen LogP contribution < -0.4 is 5.32 Å². The molecule has 4 nitrogen and oxygen atoms in total. The number of hydrogen-bond acceptors (Lipinski definition) is 5. The Morgan fingerprint density at radius 2 is 2.08 bits per heavy atom. The van der Waals surface area contributed by atoms with Crippen LogP contribution in [0.1, 0.15) is 27.2 Å². The molecule has 2 rings (SSSR count). The van der Waals surface area contributed by atoms with Crippen molar-refractivity contribution >= 4 is 32.4 Å². The monoisotopic (exact) mass is 409 g/mol. The molecule has 0 bridgehead atoms. The fourth-order valence-corrected chi connectivity index (χ4v) is 4.99. The van der Waals surface area contributed by atoms with Gasteiger partial charge in [0.2, 0.25) is 0 Å². The molecule has 0 saturated heterocycles. The number of nitrogens with one attached hydrogen (secondary N) is 1. The van der Waals surface area contributed by atoms with Crippen LogP contribution in [-0.4, -0.2) is 33.3 Å². The maximum absolute atomic E-state index is 9.33. The smallest absolute Gasteiger partial charge is 0.171 e. The summed E-state index contributed by atoms with van der Waals surface area (Å²) in [5.41, 5.74) is 0.462. The minimum atomic E-state index is -1.18.